The van der Waals surface area contributed by atoms with Gasteiger partial charge in [0, 0.05) is 10.5 Å². The lowest BCUT2D eigenvalue weighted by Crippen LogP contribution is -1.95. The monoisotopic (exact) mass is 257 g/mol. The van der Waals surface area contributed by atoms with Crippen LogP contribution in [0.5, 0.6) is 5.75 Å². The van der Waals surface area contributed by atoms with Crippen LogP contribution in [0.1, 0.15) is 5.69 Å². The Labute approximate surface area is 110 Å². The first-order valence-electron chi connectivity index (χ1n) is 5.76. The number of halogens is 1. The van der Waals surface area contributed by atoms with E-state index in [0.717, 1.165) is 17.0 Å². The van der Waals surface area contributed by atoms with Gasteiger partial charge in [-0.1, -0.05) is 35.9 Å². The van der Waals surface area contributed by atoms with Crippen LogP contribution in [0.3, 0.4) is 0 Å². The summed E-state index contributed by atoms with van der Waals surface area (Å²) in [6, 6.07) is 17.7. The topological polar surface area (TPSA) is 25.0 Å². The Morgan fingerprint density at radius 3 is 2.72 bits per heavy atom. The van der Waals surface area contributed by atoms with Crippen molar-refractivity contribution >= 4 is 22.5 Å². The molecule has 0 amide bonds. The van der Waals surface area contributed by atoms with Gasteiger partial charge in [0.15, 0.2) is 0 Å². The van der Waals surface area contributed by atoms with E-state index in [1.54, 1.807) is 0 Å². The molecule has 1 heterocycles. The fourth-order valence-electron chi connectivity index (χ4n) is 1.93. The van der Waals surface area contributed by atoms with Crippen LogP contribution in [0.2, 0.25) is 5.02 Å². The highest BCUT2D eigenvalue weighted by Crippen LogP contribution is 2.20. The molecule has 2 aromatic carbocycles. The molecule has 3 rings (SSSR count). The van der Waals surface area contributed by atoms with Gasteiger partial charge in [-0.3, -0.25) is 0 Å². The zero-order valence-corrected chi connectivity index (χ0v) is 10.4. The number of ether oxygens (including phenoxy) is 1. The summed E-state index contributed by atoms with van der Waals surface area (Å²) in [5.41, 5.74) is 2.18. The van der Waals surface area contributed by atoms with E-state index in [1.807, 2.05) is 36.4 Å². The van der Waals surface area contributed by atoms with Crippen molar-refractivity contribution in [3.63, 3.8) is 0 Å². The number of hydrogen-bond donors (Lipinski definition) is 1. The molecule has 18 heavy (non-hydrogen) atoms. The van der Waals surface area contributed by atoms with E-state index in [1.165, 1.54) is 5.39 Å². The molecule has 90 valence electrons. The van der Waals surface area contributed by atoms with Crippen LogP contribution in [0.4, 0.5) is 0 Å². The zero-order chi connectivity index (χ0) is 12.4. The van der Waals surface area contributed by atoms with Crippen LogP contribution in [0, 0.1) is 0 Å². The van der Waals surface area contributed by atoms with Crippen molar-refractivity contribution in [3.05, 3.63) is 65.3 Å². The Morgan fingerprint density at radius 2 is 1.89 bits per heavy atom. The molecule has 0 fully saturated rings. The van der Waals surface area contributed by atoms with Gasteiger partial charge in [0.1, 0.15) is 12.4 Å². The summed E-state index contributed by atoms with van der Waals surface area (Å²) in [4.78, 5) is 3.32. The molecule has 1 N–H and O–H groups in total. The molecule has 1 aromatic heterocycles. The molecule has 0 aliphatic rings. The molecule has 0 radical (unpaired) electrons. The average molecular weight is 258 g/mol. The summed E-state index contributed by atoms with van der Waals surface area (Å²) >= 11 is 5.90. The van der Waals surface area contributed by atoms with Gasteiger partial charge in [0.05, 0.1) is 5.69 Å². The summed E-state index contributed by atoms with van der Waals surface area (Å²) in [6.45, 7) is 0.509. The van der Waals surface area contributed by atoms with Crippen molar-refractivity contribution in [1.29, 1.82) is 0 Å². The second kappa shape index (κ2) is 4.75. The minimum atomic E-state index is 0.509. The molecule has 0 atom stereocenters. The van der Waals surface area contributed by atoms with Gasteiger partial charge in [-0.2, -0.15) is 0 Å². The fourth-order valence-corrected chi connectivity index (χ4v) is 2.11. The van der Waals surface area contributed by atoms with Gasteiger partial charge in [-0.05, 0) is 35.7 Å². The Morgan fingerprint density at radius 1 is 1.00 bits per heavy atom. The van der Waals surface area contributed by atoms with Crippen molar-refractivity contribution in [2.75, 3.05) is 0 Å². The predicted molar refractivity (Wildman–Crippen MR) is 74.1 cm³/mol. The highest BCUT2D eigenvalue weighted by atomic mass is 35.5. The first-order chi connectivity index (χ1) is 8.81. The number of aromatic amines is 1. The maximum absolute atomic E-state index is 5.90. The van der Waals surface area contributed by atoms with Gasteiger partial charge < -0.3 is 9.72 Å². The third-order valence-electron chi connectivity index (χ3n) is 2.78. The molecule has 3 aromatic rings. The molecule has 0 saturated carbocycles. The van der Waals surface area contributed by atoms with Gasteiger partial charge in [-0.15, -0.1) is 0 Å². The quantitative estimate of drug-likeness (QED) is 0.739. The number of benzene rings is 2. The molecule has 0 bridgehead atoms. The molecule has 2 nitrogen and oxygen atoms in total. The Kier molecular flexibility index (Phi) is 2.95. The van der Waals surface area contributed by atoms with E-state index < -0.39 is 0 Å². The summed E-state index contributed by atoms with van der Waals surface area (Å²) in [7, 11) is 0. The number of rotatable bonds is 3. The van der Waals surface area contributed by atoms with Crippen LogP contribution in [0.25, 0.3) is 10.9 Å². The molecule has 0 saturated heterocycles. The van der Waals surface area contributed by atoms with E-state index in [4.69, 9.17) is 16.3 Å². The SMILES string of the molecule is Clc1cccc(OCc2cc3ccccc3[nH]2)c1. The van der Waals surface area contributed by atoms with E-state index in [-0.39, 0.29) is 0 Å². The molecule has 0 aliphatic heterocycles. The summed E-state index contributed by atoms with van der Waals surface area (Å²) < 4.78 is 5.69. The zero-order valence-electron chi connectivity index (χ0n) is 9.69. The smallest absolute Gasteiger partial charge is 0.128 e. The van der Waals surface area contributed by atoms with Gasteiger partial charge in [-0.25, -0.2) is 0 Å². The van der Waals surface area contributed by atoms with Crippen LogP contribution in [-0.4, -0.2) is 4.98 Å². The number of H-pyrrole nitrogens is 1. The minimum Gasteiger partial charge on any atom is -0.487 e. The minimum absolute atomic E-state index is 0.509. The van der Waals surface area contributed by atoms with Gasteiger partial charge >= 0.3 is 0 Å². The van der Waals surface area contributed by atoms with E-state index >= 15 is 0 Å². The van der Waals surface area contributed by atoms with Crippen LogP contribution in [0.15, 0.2) is 54.6 Å². The lowest BCUT2D eigenvalue weighted by Gasteiger charge is -2.04. The van der Waals surface area contributed by atoms with Crippen molar-refractivity contribution in [2.45, 2.75) is 6.61 Å². The largest absolute Gasteiger partial charge is 0.487 e. The number of nitrogens with one attached hydrogen (secondary N) is 1. The van der Waals surface area contributed by atoms with Gasteiger partial charge in [0.2, 0.25) is 0 Å². The molecule has 0 spiro atoms. The number of para-hydroxylation sites is 1. The summed E-state index contributed by atoms with van der Waals surface area (Å²) in [6.07, 6.45) is 0. The van der Waals surface area contributed by atoms with E-state index in [2.05, 4.69) is 23.2 Å². The third-order valence-corrected chi connectivity index (χ3v) is 3.01. The Hall–Kier alpha value is -1.93. The standard InChI is InChI=1S/C15H12ClNO/c16-12-5-3-6-14(9-12)18-10-13-8-11-4-1-2-7-15(11)17-13/h1-9,17H,10H2. The first kappa shape index (κ1) is 11.2. The van der Waals surface area contributed by atoms with Gasteiger partial charge in [0.25, 0.3) is 0 Å². The Bertz CT molecular complexity index is 642. The normalized spacial score (nSPS) is 10.7. The van der Waals surface area contributed by atoms with E-state index in [0.29, 0.717) is 11.6 Å². The maximum atomic E-state index is 5.90. The second-order valence-corrected chi connectivity index (χ2v) is 4.56. The first-order valence-corrected chi connectivity index (χ1v) is 6.14. The van der Waals surface area contributed by atoms with Crippen molar-refractivity contribution in [1.82, 2.24) is 4.98 Å². The van der Waals surface area contributed by atoms with Crippen LogP contribution in [-0.2, 0) is 6.61 Å². The van der Waals surface area contributed by atoms with Crippen molar-refractivity contribution in [3.8, 4) is 5.75 Å². The molecular weight excluding hydrogens is 246 g/mol. The predicted octanol–water partition coefficient (Wildman–Crippen LogP) is 4.40. The summed E-state index contributed by atoms with van der Waals surface area (Å²) in [5.74, 6) is 0.779. The van der Waals surface area contributed by atoms with Crippen molar-refractivity contribution < 1.29 is 4.74 Å². The van der Waals surface area contributed by atoms with E-state index in [9.17, 15) is 0 Å². The van der Waals surface area contributed by atoms with Crippen LogP contribution < -0.4 is 4.74 Å². The van der Waals surface area contributed by atoms with Crippen LogP contribution >= 0.6 is 11.6 Å². The highest BCUT2D eigenvalue weighted by Gasteiger charge is 2.01. The fraction of sp³-hybridized carbons (Fsp3) is 0.0667. The summed E-state index contributed by atoms with van der Waals surface area (Å²) in [5, 5.41) is 1.88. The Balaban J connectivity index is 1.76. The third kappa shape index (κ3) is 2.34. The number of aromatic nitrogens is 1. The lowest BCUT2D eigenvalue weighted by atomic mass is 10.2. The maximum Gasteiger partial charge on any atom is 0.128 e. The molecule has 0 aliphatic carbocycles. The number of fused-ring (bicyclic) bond motifs is 1. The second-order valence-electron chi connectivity index (χ2n) is 4.13. The molecular formula is C15H12ClNO. The molecule has 3 heteroatoms. The highest BCUT2D eigenvalue weighted by molar-refractivity contribution is 6.30. The molecule has 0 unspecified atom stereocenters. The lowest BCUT2D eigenvalue weighted by molar-refractivity contribution is 0.302. The number of hydrogen-bond acceptors (Lipinski definition) is 1. The van der Waals surface area contributed by atoms with Crippen molar-refractivity contribution in [2.24, 2.45) is 0 Å². The average Bonchev–Trinajstić information content (AvgIpc) is 2.79.